The average Bonchev–Trinajstić information content (AvgIpc) is 2.31. The molecule has 1 aliphatic heterocycles. The number of carbonyl (C=O) groups excluding carboxylic acids is 1. The van der Waals surface area contributed by atoms with Gasteiger partial charge in [0.15, 0.2) is 0 Å². The lowest BCUT2D eigenvalue weighted by atomic mass is 10.1. The molecule has 0 aromatic heterocycles. The van der Waals surface area contributed by atoms with Gasteiger partial charge in [0.1, 0.15) is 0 Å². The van der Waals surface area contributed by atoms with Gasteiger partial charge in [-0.2, -0.15) is 0 Å². The summed E-state index contributed by atoms with van der Waals surface area (Å²) >= 11 is 0. The standard InChI is InChI=1S/C11H23N3O/c1-9-6-8-13(3)10(5-7-12-2)11(15)14(9)4/h9-10,12H,5-8H2,1-4H3. The van der Waals surface area contributed by atoms with Gasteiger partial charge in [-0.1, -0.05) is 0 Å². The van der Waals surface area contributed by atoms with Crippen LogP contribution < -0.4 is 5.32 Å². The SMILES string of the molecule is CNCCC1C(=O)N(C)C(C)CCN1C. The van der Waals surface area contributed by atoms with E-state index in [1.165, 1.54) is 0 Å². The van der Waals surface area contributed by atoms with E-state index in [2.05, 4.69) is 17.1 Å². The first-order valence-corrected chi connectivity index (χ1v) is 5.69. The summed E-state index contributed by atoms with van der Waals surface area (Å²) in [7, 11) is 5.89. The summed E-state index contributed by atoms with van der Waals surface area (Å²) in [6.07, 6.45) is 1.96. The van der Waals surface area contributed by atoms with Crippen LogP contribution in [0.1, 0.15) is 19.8 Å². The number of hydrogen-bond donors (Lipinski definition) is 1. The highest BCUT2D eigenvalue weighted by Crippen LogP contribution is 2.15. The zero-order valence-electron chi connectivity index (χ0n) is 10.3. The number of carbonyl (C=O) groups is 1. The highest BCUT2D eigenvalue weighted by molar-refractivity contribution is 5.82. The maximum atomic E-state index is 12.1. The fourth-order valence-corrected chi connectivity index (χ4v) is 2.01. The van der Waals surface area contributed by atoms with Gasteiger partial charge in [-0.25, -0.2) is 0 Å². The largest absolute Gasteiger partial charge is 0.342 e. The Hall–Kier alpha value is -0.610. The van der Waals surface area contributed by atoms with E-state index in [1.807, 2.05) is 26.0 Å². The molecule has 1 heterocycles. The molecule has 4 nitrogen and oxygen atoms in total. The van der Waals surface area contributed by atoms with Gasteiger partial charge in [0, 0.05) is 19.6 Å². The molecule has 1 N–H and O–H groups in total. The third kappa shape index (κ3) is 2.92. The zero-order valence-corrected chi connectivity index (χ0v) is 10.3. The molecule has 0 radical (unpaired) electrons. The fourth-order valence-electron chi connectivity index (χ4n) is 2.01. The molecule has 4 heteroatoms. The van der Waals surface area contributed by atoms with E-state index in [-0.39, 0.29) is 11.9 Å². The third-order valence-electron chi connectivity index (χ3n) is 3.39. The van der Waals surface area contributed by atoms with E-state index in [4.69, 9.17) is 0 Å². The van der Waals surface area contributed by atoms with Crippen molar-refractivity contribution in [2.45, 2.75) is 31.8 Å². The maximum Gasteiger partial charge on any atom is 0.239 e. The molecule has 15 heavy (non-hydrogen) atoms. The molecule has 0 bridgehead atoms. The molecule has 2 atom stereocenters. The molecule has 1 aliphatic rings. The second kappa shape index (κ2) is 5.47. The monoisotopic (exact) mass is 213 g/mol. The van der Waals surface area contributed by atoms with Gasteiger partial charge < -0.3 is 10.2 Å². The molecule has 2 unspecified atom stereocenters. The maximum absolute atomic E-state index is 12.1. The second-order valence-electron chi connectivity index (χ2n) is 4.48. The van der Waals surface area contributed by atoms with Crippen molar-refractivity contribution in [2.24, 2.45) is 0 Å². The number of nitrogens with zero attached hydrogens (tertiary/aromatic N) is 2. The summed E-state index contributed by atoms with van der Waals surface area (Å²) in [4.78, 5) is 16.2. The molecule has 0 aliphatic carbocycles. The van der Waals surface area contributed by atoms with Gasteiger partial charge in [-0.05, 0) is 40.4 Å². The Labute approximate surface area is 92.6 Å². The lowest BCUT2D eigenvalue weighted by Gasteiger charge is -2.27. The van der Waals surface area contributed by atoms with Crippen LogP contribution in [0.4, 0.5) is 0 Å². The van der Waals surface area contributed by atoms with Crippen LogP contribution in [0.2, 0.25) is 0 Å². The normalized spacial score (nSPS) is 29.3. The first-order chi connectivity index (χ1) is 7.07. The highest BCUT2D eigenvalue weighted by atomic mass is 16.2. The van der Waals surface area contributed by atoms with Crippen LogP contribution in [-0.2, 0) is 4.79 Å². The summed E-state index contributed by atoms with van der Waals surface area (Å²) < 4.78 is 0. The first kappa shape index (κ1) is 12.5. The molecule has 1 amide bonds. The lowest BCUT2D eigenvalue weighted by molar-refractivity contribution is -0.135. The summed E-state index contributed by atoms with van der Waals surface area (Å²) in [6.45, 7) is 4.01. The minimum atomic E-state index is 0.0485. The molecule has 1 saturated heterocycles. The van der Waals surface area contributed by atoms with Crippen LogP contribution in [0.25, 0.3) is 0 Å². The molecule has 0 aromatic rings. The predicted octanol–water partition coefficient (Wildman–Crippen LogP) is 0.147. The highest BCUT2D eigenvalue weighted by Gasteiger charge is 2.31. The van der Waals surface area contributed by atoms with Crippen molar-refractivity contribution in [3.05, 3.63) is 0 Å². The van der Waals surface area contributed by atoms with Crippen molar-refractivity contribution >= 4 is 5.91 Å². The van der Waals surface area contributed by atoms with E-state index in [1.54, 1.807) is 0 Å². The van der Waals surface area contributed by atoms with Gasteiger partial charge in [-0.15, -0.1) is 0 Å². The van der Waals surface area contributed by atoms with Crippen LogP contribution in [0.5, 0.6) is 0 Å². The number of amides is 1. The summed E-state index contributed by atoms with van der Waals surface area (Å²) in [5, 5.41) is 3.11. The summed E-state index contributed by atoms with van der Waals surface area (Å²) in [5.74, 6) is 0.262. The molecule has 1 fully saturated rings. The molecule has 0 spiro atoms. The predicted molar refractivity (Wildman–Crippen MR) is 61.8 cm³/mol. The number of hydrogen-bond acceptors (Lipinski definition) is 3. The third-order valence-corrected chi connectivity index (χ3v) is 3.39. The molecule has 88 valence electrons. The molecule has 1 rings (SSSR count). The van der Waals surface area contributed by atoms with Gasteiger partial charge in [0.25, 0.3) is 0 Å². The first-order valence-electron chi connectivity index (χ1n) is 5.69. The Kier molecular flexibility index (Phi) is 4.54. The molecular formula is C11H23N3O. The van der Waals surface area contributed by atoms with Crippen LogP contribution in [-0.4, -0.2) is 62.0 Å². The Morgan fingerprint density at radius 2 is 2.13 bits per heavy atom. The smallest absolute Gasteiger partial charge is 0.239 e. The van der Waals surface area contributed by atoms with Crippen LogP contribution in [0.3, 0.4) is 0 Å². The number of rotatable bonds is 3. The Morgan fingerprint density at radius 1 is 1.47 bits per heavy atom. The van der Waals surface area contributed by atoms with E-state index in [0.717, 1.165) is 25.9 Å². The van der Waals surface area contributed by atoms with Crippen molar-refractivity contribution in [3.63, 3.8) is 0 Å². The van der Waals surface area contributed by atoms with E-state index >= 15 is 0 Å². The molecule has 0 saturated carbocycles. The number of nitrogens with one attached hydrogen (secondary N) is 1. The minimum absolute atomic E-state index is 0.0485. The van der Waals surface area contributed by atoms with Crippen molar-refractivity contribution in [1.82, 2.24) is 15.1 Å². The summed E-state index contributed by atoms with van der Waals surface area (Å²) in [6, 6.07) is 0.409. The van der Waals surface area contributed by atoms with Crippen molar-refractivity contribution < 1.29 is 4.79 Å². The van der Waals surface area contributed by atoms with E-state index in [9.17, 15) is 4.79 Å². The van der Waals surface area contributed by atoms with E-state index in [0.29, 0.717) is 6.04 Å². The Bertz CT molecular complexity index is 220. The Balaban J connectivity index is 2.68. The van der Waals surface area contributed by atoms with Crippen molar-refractivity contribution in [3.8, 4) is 0 Å². The van der Waals surface area contributed by atoms with Gasteiger partial charge in [0.05, 0.1) is 6.04 Å². The van der Waals surface area contributed by atoms with Crippen molar-refractivity contribution in [1.29, 1.82) is 0 Å². The average molecular weight is 213 g/mol. The number of likely N-dealkylation sites (N-methyl/N-ethyl adjacent to an activating group) is 2. The minimum Gasteiger partial charge on any atom is -0.342 e. The fraction of sp³-hybridized carbons (Fsp3) is 0.909. The second-order valence-corrected chi connectivity index (χ2v) is 4.48. The molecule has 0 aromatic carbocycles. The van der Waals surface area contributed by atoms with Crippen LogP contribution in [0.15, 0.2) is 0 Å². The molecular weight excluding hydrogens is 190 g/mol. The zero-order chi connectivity index (χ0) is 11.4. The van der Waals surface area contributed by atoms with Gasteiger partial charge >= 0.3 is 0 Å². The quantitative estimate of drug-likeness (QED) is 0.725. The van der Waals surface area contributed by atoms with Gasteiger partial charge in [-0.3, -0.25) is 9.69 Å². The van der Waals surface area contributed by atoms with Gasteiger partial charge in [0.2, 0.25) is 5.91 Å². The summed E-state index contributed by atoms with van der Waals surface area (Å²) in [5.41, 5.74) is 0. The van der Waals surface area contributed by atoms with E-state index < -0.39 is 0 Å². The lowest BCUT2D eigenvalue weighted by Crippen LogP contribution is -2.45. The Morgan fingerprint density at radius 3 is 2.73 bits per heavy atom. The topological polar surface area (TPSA) is 35.6 Å². The van der Waals surface area contributed by atoms with Crippen LogP contribution >= 0.6 is 0 Å². The van der Waals surface area contributed by atoms with Crippen LogP contribution in [0, 0.1) is 0 Å². The van der Waals surface area contributed by atoms with Crippen molar-refractivity contribution in [2.75, 3.05) is 34.2 Å².